The average molecular weight is 414 g/mol. The molecular formula is C18H14CaO7S. The van der Waals surface area contributed by atoms with E-state index in [1.807, 2.05) is 30.3 Å². The Balaban J connectivity index is 0.000000666. The van der Waals surface area contributed by atoms with Crippen LogP contribution >= 0.6 is 0 Å². The van der Waals surface area contributed by atoms with E-state index in [0.29, 0.717) is 5.57 Å². The van der Waals surface area contributed by atoms with E-state index in [9.17, 15) is 13.2 Å². The van der Waals surface area contributed by atoms with E-state index < -0.39 is 16.0 Å². The summed E-state index contributed by atoms with van der Waals surface area (Å²) < 4.78 is 28.2. The Morgan fingerprint density at radius 2 is 1.48 bits per heavy atom. The molecule has 0 atom stereocenters. The monoisotopic (exact) mass is 414 g/mol. The van der Waals surface area contributed by atoms with Gasteiger partial charge in [0.15, 0.2) is 9.84 Å². The van der Waals surface area contributed by atoms with E-state index in [2.05, 4.69) is 0 Å². The Morgan fingerprint density at radius 1 is 0.963 bits per heavy atom. The summed E-state index contributed by atoms with van der Waals surface area (Å²) in [7, 11) is -3.23. The third-order valence-electron chi connectivity index (χ3n) is 3.55. The van der Waals surface area contributed by atoms with Gasteiger partial charge in [-0.2, -0.15) is 0 Å². The summed E-state index contributed by atoms with van der Waals surface area (Å²) in [6.45, 7) is 0.196. The normalized spacial score (nSPS) is 13.1. The van der Waals surface area contributed by atoms with Crippen molar-refractivity contribution in [3.63, 3.8) is 0 Å². The van der Waals surface area contributed by atoms with Gasteiger partial charge in [-0.25, -0.2) is 13.2 Å². The van der Waals surface area contributed by atoms with Crippen LogP contribution in [0.15, 0.2) is 59.5 Å². The number of cyclic esters (lactones) is 1. The quantitative estimate of drug-likeness (QED) is 0.500. The van der Waals surface area contributed by atoms with Crippen LogP contribution in [-0.4, -0.2) is 71.1 Å². The van der Waals surface area contributed by atoms with Crippen LogP contribution in [0.3, 0.4) is 0 Å². The number of rotatable bonds is 3. The second-order valence-corrected chi connectivity index (χ2v) is 7.36. The van der Waals surface area contributed by atoms with Crippen LogP contribution in [0, 0.1) is 0 Å². The minimum atomic E-state index is -3.23. The van der Waals surface area contributed by atoms with Gasteiger partial charge in [-0.3, -0.25) is 0 Å². The van der Waals surface area contributed by atoms with Crippen LogP contribution in [0.25, 0.3) is 11.1 Å². The standard InChI is InChI=1S/C17H14O4S.CH2O3.Ca/c1-22(19,20)14-9-7-12(8-10-14)15-11-21-17(18)16(15)13-5-3-2-4-6-13;2-1(3)4;/h2-10H,11H2,1H3;(H2,2,3,4);/q;;+2/p-2. The van der Waals surface area contributed by atoms with Gasteiger partial charge in [-0.05, 0) is 29.4 Å². The van der Waals surface area contributed by atoms with Crippen LogP contribution in [0.1, 0.15) is 11.1 Å². The van der Waals surface area contributed by atoms with Crippen molar-refractivity contribution < 1.29 is 33.0 Å². The smallest absolute Gasteiger partial charge is 0.652 e. The summed E-state index contributed by atoms with van der Waals surface area (Å²) in [4.78, 5) is 20.6. The summed E-state index contributed by atoms with van der Waals surface area (Å²) >= 11 is 0. The SMILES string of the molecule is CS(=O)(=O)c1ccc(C2=C(c3ccccc3)C(=O)OC2)cc1.O=C([O-])[O-].[Ca+2]. The third-order valence-corrected chi connectivity index (χ3v) is 4.68. The van der Waals surface area contributed by atoms with Crippen molar-refractivity contribution in [1.82, 2.24) is 0 Å². The maximum atomic E-state index is 12.0. The number of ether oxygens (including phenoxy) is 1. The number of hydrogen-bond donors (Lipinski definition) is 0. The molecule has 0 radical (unpaired) electrons. The first-order chi connectivity index (χ1) is 12.2. The van der Waals surface area contributed by atoms with Gasteiger partial charge in [-0.1, -0.05) is 42.5 Å². The Bertz CT molecular complexity index is 945. The molecule has 0 saturated heterocycles. The minimum Gasteiger partial charge on any atom is -0.652 e. The molecule has 7 nitrogen and oxygen atoms in total. The zero-order valence-electron chi connectivity index (χ0n) is 14.4. The van der Waals surface area contributed by atoms with Crippen molar-refractivity contribution in [3.05, 3.63) is 65.7 Å². The zero-order valence-corrected chi connectivity index (χ0v) is 17.4. The van der Waals surface area contributed by atoms with Gasteiger partial charge < -0.3 is 19.7 Å². The number of hydrogen-bond acceptors (Lipinski definition) is 7. The van der Waals surface area contributed by atoms with Gasteiger partial charge in [0.2, 0.25) is 0 Å². The van der Waals surface area contributed by atoms with Gasteiger partial charge in [0.1, 0.15) is 6.61 Å². The van der Waals surface area contributed by atoms with Crippen molar-refractivity contribution in [2.45, 2.75) is 4.90 Å². The first-order valence-electron chi connectivity index (χ1n) is 7.34. The number of benzene rings is 2. The molecule has 0 fully saturated rings. The maximum absolute atomic E-state index is 12.0. The Morgan fingerprint density at radius 3 is 1.96 bits per heavy atom. The molecule has 3 rings (SSSR count). The third kappa shape index (κ3) is 6.35. The second kappa shape index (κ2) is 9.89. The van der Waals surface area contributed by atoms with Gasteiger partial charge in [-0.15, -0.1) is 0 Å². The molecule has 0 aliphatic carbocycles. The molecule has 27 heavy (non-hydrogen) atoms. The summed E-state index contributed by atoms with van der Waals surface area (Å²) in [5.41, 5.74) is 2.90. The molecule has 2 aromatic carbocycles. The molecule has 2 aromatic rings. The molecule has 9 heteroatoms. The molecule has 0 amide bonds. The Labute approximate surface area is 186 Å². The molecule has 0 N–H and O–H groups in total. The predicted octanol–water partition coefficient (Wildman–Crippen LogP) is -0.270. The largest absolute Gasteiger partial charge is 2.00 e. The summed E-state index contributed by atoms with van der Waals surface area (Å²) in [5, 5.41) is 16.7. The molecule has 0 bridgehead atoms. The predicted molar refractivity (Wildman–Crippen MR) is 94.9 cm³/mol. The summed E-state index contributed by atoms with van der Waals surface area (Å²) in [6.07, 6.45) is -1.17. The van der Waals surface area contributed by atoms with Gasteiger partial charge >= 0.3 is 43.7 Å². The van der Waals surface area contributed by atoms with Gasteiger partial charge in [0.25, 0.3) is 0 Å². The fraction of sp³-hybridized carbons (Fsp3) is 0.111. The van der Waals surface area contributed by atoms with E-state index in [1.54, 1.807) is 24.3 Å². The molecule has 0 saturated carbocycles. The van der Waals surface area contributed by atoms with Crippen molar-refractivity contribution in [2.75, 3.05) is 12.9 Å². The molecule has 1 heterocycles. The van der Waals surface area contributed by atoms with Crippen LogP contribution in [0.4, 0.5) is 4.79 Å². The Kier molecular flexibility index (Phi) is 8.49. The molecule has 1 aliphatic heterocycles. The van der Waals surface area contributed by atoms with Gasteiger partial charge in [0.05, 0.1) is 10.5 Å². The summed E-state index contributed by atoms with van der Waals surface area (Å²) in [6, 6.07) is 15.8. The van der Waals surface area contributed by atoms with Crippen LogP contribution < -0.4 is 10.2 Å². The minimum absolute atomic E-state index is 0. The maximum Gasteiger partial charge on any atom is 2.00 e. The number of esters is 1. The number of sulfone groups is 1. The molecule has 136 valence electrons. The fourth-order valence-electron chi connectivity index (χ4n) is 2.43. The molecule has 0 aromatic heterocycles. The zero-order chi connectivity index (χ0) is 19.3. The number of carbonyl (C=O) groups is 2. The number of carbonyl (C=O) groups excluding carboxylic acids is 2. The van der Waals surface area contributed by atoms with Crippen molar-refractivity contribution in [1.29, 1.82) is 0 Å². The van der Waals surface area contributed by atoms with Crippen molar-refractivity contribution >= 4 is 70.8 Å². The van der Waals surface area contributed by atoms with E-state index in [0.717, 1.165) is 16.7 Å². The molecular weight excluding hydrogens is 400 g/mol. The van der Waals surface area contributed by atoms with E-state index in [4.69, 9.17) is 19.7 Å². The number of carboxylic acid groups (broad SMARTS) is 2. The first-order valence-corrected chi connectivity index (χ1v) is 9.23. The summed E-state index contributed by atoms with van der Waals surface area (Å²) in [5.74, 6) is -0.353. The molecule has 0 spiro atoms. The van der Waals surface area contributed by atoms with Gasteiger partial charge in [0, 0.05) is 11.8 Å². The first kappa shape index (κ1) is 23.2. The van der Waals surface area contributed by atoms with Crippen molar-refractivity contribution in [3.8, 4) is 0 Å². The second-order valence-electron chi connectivity index (χ2n) is 5.34. The average Bonchev–Trinajstić information content (AvgIpc) is 2.96. The van der Waals surface area contributed by atoms with Crippen LogP contribution in [-0.2, 0) is 19.4 Å². The topological polar surface area (TPSA) is 124 Å². The van der Waals surface area contributed by atoms with E-state index in [1.165, 1.54) is 6.26 Å². The molecule has 0 unspecified atom stereocenters. The van der Waals surface area contributed by atoms with E-state index in [-0.39, 0.29) is 55.2 Å². The van der Waals surface area contributed by atoms with Crippen molar-refractivity contribution in [2.24, 2.45) is 0 Å². The van der Waals surface area contributed by atoms with E-state index >= 15 is 0 Å². The molecule has 1 aliphatic rings. The van der Waals surface area contributed by atoms with Crippen LogP contribution in [0.2, 0.25) is 0 Å². The fourth-order valence-corrected chi connectivity index (χ4v) is 3.06. The van der Waals surface area contributed by atoms with Crippen LogP contribution in [0.5, 0.6) is 0 Å². The Hall–Kier alpha value is -1.87.